The molecule has 0 heterocycles. The number of rotatable bonds is 4. The summed E-state index contributed by atoms with van der Waals surface area (Å²) in [4.78, 5) is 21.8. The van der Waals surface area contributed by atoms with Crippen LogP contribution in [0.5, 0.6) is 0 Å². The van der Waals surface area contributed by atoms with Crippen molar-refractivity contribution in [2.24, 2.45) is 0 Å². The summed E-state index contributed by atoms with van der Waals surface area (Å²) in [5.41, 5.74) is 3.19. The number of carbonyl (C=O) groups is 2. The predicted molar refractivity (Wildman–Crippen MR) is 75.8 cm³/mol. The largest absolute Gasteiger partial charge is 0.298 e. The molecule has 0 aliphatic carbocycles. The second-order valence-electron chi connectivity index (χ2n) is 5.11. The van der Waals surface area contributed by atoms with Crippen LogP contribution in [0, 0.1) is 0 Å². The van der Waals surface area contributed by atoms with Crippen molar-refractivity contribution in [3.05, 3.63) is 70.8 Å². The zero-order valence-corrected chi connectivity index (χ0v) is 11.1. The summed E-state index contributed by atoms with van der Waals surface area (Å²) in [5.74, 6) is 0. The first-order chi connectivity index (χ1) is 9.07. The van der Waals surface area contributed by atoms with Crippen molar-refractivity contribution in [3.63, 3.8) is 0 Å². The highest BCUT2D eigenvalue weighted by Crippen LogP contribution is 2.31. The maximum atomic E-state index is 10.9. The van der Waals surface area contributed by atoms with Crippen molar-refractivity contribution in [1.82, 2.24) is 0 Å². The molecular weight excluding hydrogens is 236 g/mol. The molecule has 19 heavy (non-hydrogen) atoms. The van der Waals surface area contributed by atoms with Gasteiger partial charge in [0.25, 0.3) is 0 Å². The Balaban J connectivity index is 2.50. The minimum atomic E-state index is -0.252. The Morgan fingerprint density at radius 3 is 1.58 bits per heavy atom. The van der Waals surface area contributed by atoms with Crippen molar-refractivity contribution in [2.75, 3.05) is 0 Å². The lowest BCUT2D eigenvalue weighted by molar-refractivity contribution is 0.111. The third-order valence-electron chi connectivity index (χ3n) is 3.49. The van der Waals surface area contributed by atoms with Crippen LogP contribution in [0.1, 0.15) is 45.7 Å². The van der Waals surface area contributed by atoms with E-state index in [-0.39, 0.29) is 5.41 Å². The van der Waals surface area contributed by atoms with Crippen LogP contribution in [0.3, 0.4) is 0 Å². The number of benzene rings is 2. The quantitative estimate of drug-likeness (QED) is 0.778. The Bertz CT molecular complexity index is 559. The van der Waals surface area contributed by atoms with Crippen LogP contribution in [-0.4, -0.2) is 12.6 Å². The van der Waals surface area contributed by atoms with Gasteiger partial charge in [0.05, 0.1) is 0 Å². The second-order valence-corrected chi connectivity index (χ2v) is 5.11. The molecule has 2 aromatic carbocycles. The molecule has 0 radical (unpaired) electrons. The van der Waals surface area contributed by atoms with Crippen molar-refractivity contribution in [2.45, 2.75) is 19.3 Å². The Morgan fingerprint density at radius 2 is 1.21 bits per heavy atom. The molecular formula is C17H16O2. The summed E-state index contributed by atoms with van der Waals surface area (Å²) in [5, 5.41) is 0. The Labute approximate surface area is 113 Å². The van der Waals surface area contributed by atoms with Crippen LogP contribution in [0.15, 0.2) is 48.5 Å². The van der Waals surface area contributed by atoms with Crippen LogP contribution in [0.25, 0.3) is 0 Å². The fourth-order valence-corrected chi connectivity index (χ4v) is 2.17. The fraction of sp³-hybridized carbons (Fsp3) is 0.176. The molecule has 0 saturated carbocycles. The minimum absolute atomic E-state index is 0.252. The van der Waals surface area contributed by atoms with E-state index in [0.717, 1.165) is 23.7 Å². The van der Waals surface area contributed by atoms with E-state index in [1.54, 1.807) is 12.1 Å². The van der Waals surface area contributed by atoms with Crippen LogP contribution in [-0.2, 0) is 5.41 Å². The van der Waals surface area contributed by atoms with Gasteiger partial charge in [-0.3, -0.25) is 9.59 Å². The SMILES string of the molecule is CC(C)(c1cccc(C=O)c1)c1cccc(C=O)c1. The van der Waals surface area contributed by atoms with Crippen molar-refractivity contribution >= 4 is 12.6 Å². The van der Waals surface area contributed by atoms with Gasteiger partial charge in [0, 0.05) is 16.5 Å². The first-order valence-corrected chi connectivity index (χ1v) is 6.19. The molecule has 0 amide bonds. The van der Waals surface area contributed by atoms with E-state index in [2.05, 4.69) is 13.8 Å². The van der Waals surface area contributed by atoms with Gasteiger partial charge in [-0.2, -0.15) is 0 Å². The number of aldehydes is 2. The third kappa shape index (κ3) is 2.63. The first kappa shape index (κ1) is 13.2. The molecule has 0 bridgehead atoms. The van der Waals surface area contributed by atoms with Gasteiger partial charge in [-0.1, -0.05) is 50.2 Å². The molecule has 0 saturated heterocycles. The highest BCUT2D eigenvalue weighted by molar-refractivity contribution is 5.76. The van der Waals surface area contributed by atoms with E-state index in [0.29, 0.717) is 11.1 Å². The zero-order valence-electron chi connectivity index (χ0n) is 11.1. The summed E-state index contributed by atoms with van der Waals surface area (Å²) < 4.78 is 0. The van der Waals surface area contributed by atoms with Gasteiger partial charge in [-0.05, 0) is 23.3 Å². The molecule has 0 unspecified atom stereocenters. The monoisotopic (exact) mass is 252 g/mol. The van der Waals surface area contributed by atoms with E-state index < -0.39 is 0 Å². The van der Waals surface area contributed by atoms with Gasteiger partial charge in [0.2, 0.25) is 0 Å². The van der Waals surface area contributed by atoms with E-state index in [1.807, 2.05) is 36.4 Å². The van der Waals surface area contributed by atoms with Crippen LogP contribution in [0.4, 0.5) is 0 Å². The molecule has 2 rings (SSSR count). The van der Waals surface area contributed by atoms with E-state index >= 15 is 0 Å². The molecule has 0 fully saturated rings. The van der Waals surface area contributed by atoms with Gasteiger partial charge in [0.15, 0.2) is 0 Å². The lowest BCUT2D eigenvalue weighted by Gasteiger charge is -2.26. The first-order valence-electron chi connectivity index (χ1n) is 6.19. The van der Waals surface area contributed by atoms with Gasteiger partial charge in [0.1, 0.15) is 12.6 Å². The standard InChI is InChI=1S/C17H16O2/c1-17(2,15-7-3-5-13(9-15)11-18)16-8-4-6-14(10-16)12-19/h3-12H,1-2H3. The van der Waals surface area contributed by atoms with Gasteiger partial charge in [-0.25, -0.2) is 0 Å². The topological polar surface area (TPSA) is 34.1 Å². The Morgan fingerprint density at radius 1 is 0.789 bits per heavy atom. The normalized spacial score (nSPS) is 11.1. The highest BCUT2D eigenvalue weighted by Gasteiger charge is 2.23. The lowest BCUT2D eigenvalue weighted by atomic mass is 9.77. The summed E-state index contributed by atoms with van der Waals surface area (Å²) in [6.07, 6.45) is 1.70. The van der Waals surface area contributed by atoms with E-state index in [4.69, 9.17) is 0 Å². The molecule has 0 aromatic heterocycles. The molecule has 0 aliphatic rings. The average Bonchev–Trinajstić information content (AvgIpc) is 2.47. The van der Waals surface area contributed by atoms with Crippen LogP contribution in [0.2, 0.25) is 0 Å². The molecule has 0 N–H and O–H groups in total. The molecule has 0 spiro atoms. The smallest absolute Gasteiger partial charge is 0.150 e. The molecule has 2 heteroatoms. The van der Waals surface area contributed by atoms with E-state index in [1.165, 1.54) is 0 Å². The third-order valence-corrected chi connectivity index (χ3v) is 3.49. The summed E-state index contributed by atoms with van der Waals surface area (Å²) in [7, 11) is 0. The molecule has 0 aliphatic heterocycles. The molecule has 0 atom stereocenters. The minimum Gasteiger partial charge on any atom is -0.298 e. The Kier molecular flexibility index (Phi) is 3.61. The number of carbonyl (C=O) groups excluding carboxylic acids is 2. The average molecular weight is 252 g/mol. The van der Waals surface area contributed by atoms with Crippen LogP contribution < -0.4 is 0 Å². The second kappa shape index (κ2) is 5.19. The summed E-state index contributed by atoms with van der Waals surface area (Å²) in [6.45, 7) is 4.17. The summed E-state index contributed by atoms with van der Waals surface area (Å²) >= 11 is 0. The van der Waals surface area contributed by atoms with Crippen LogP contribution >= 0.6 is 0 Å². The summed E-state index contributed by atoms with van der Waals surface area (Å²) in [6, 6.07) is 15.1. The molecule has 2 aromatic rings. The van der Waals surface area contributed by atoms with Gasteiger partial charge < -0.3 is 0 Å². The number of hydrogen-bond acceptors (Lipinski definition) is 2. The van der Waals surface area contributed by atoms with Crippen molar-refractivity contribution in [1.29, 1.82) is 0 Å². The predicted octanol–water partition coefficient (Wildman–Crippen LogP) is 3.64. The molecule has 2 nitrogen and oxygen atoms in total. The van der Waals surface area contributed by atoms with Gasteiger partial charge in [-0.15, -0.1) is 0 Å². The maximum absolute atomic E-state index is 10.9. The Hall–Kier alpha value is -2.22. The van der Waals surface area contributed by atoms with Gasteiger partial charge >= 0.3 is 0 Å². The zero-order chi connectivity index (χ0) is 13.9. The van der Waals surface area contributed by atoms with E-state index in [9.17, 15) is 9.59 Å². The van der Waals surface area contributed by atoms with Crippen molar-refractivity contribution in [3.8, 4) is 0 Å². The fourth-order valence-electron chi connectivity index (χ4n) is 2.17. The molecule has 96 valence electrons. The van der Waals surface area contributed by atoms with Crippen molar-refractivity contribution < 1.29 is 9.59 Å². The highest BCUT2D eigenvalue weighted by atomic mass is 16.1. The maximum Gasteiger partial charge on any atom is 0.150 e. The lowest BCUT2D eigenvalue weighted by Crippen LogP contribution is -2.19. The number of hydrogen-bond donors (Lipinski definition) is 0.